The molecule has 1 aromatic heterocycles. The second-order valence-electron chi connectivity index (χ2n) is 6.87. The molecule has 0 saturated carbocycles. The van der Waals surface area contributed by atoms with E-state index in [9.17, 15) is 14.0 Å². The second-order valence-corrected chi connectivity index (χ2v) is 7.88. The molecule has 2 aromatic carbocycles. The van der Waals surface area contributed by atoms with E-state index in [4.69, 9.17) is 9.47 Å². The first-order valence-corrected chi connectivity index (χ1v) is 10.3. The van der Waals surface area contributed by atoms with Crippen LogP contribution >= 0.6 is 11.3 Å². The van der Waals surface area contributed by atoms with Crippen LogP contribution in [0.15, 0.2) is 69.6 Å². The van der Waals surface area contributed by atoms with E-state index in [0.29, 0.717) is 31.9 Å². The van der Waals surface area contributed by atoms with Gasteiger partial charge in [-0.05, 0) is 36.8 Å². The zero-order valence-corrected chi connectivity index (χ0v) is 17.9. The van der Waals surface area contributed by atoms with Gasteiger partial charge in [0.15, 0.2) is 4.80 Å². The molecule has 0 radical (unpaired) electrons. The highest BCUT2D eigenvalue weighted by atomic mass is 32.1. The van der Waals surface area contributed by atoms with Crippen molar-refractivity contribution >= 4 is 23.4 Å². The SMILES string of the molecule is COC(=O)C1=C(C)N=c2sc(=Cc3ccccc3F)c(=O)n2[C@H]1c1ccc(OC)cc1. The van der Waals surface area contributed by atoms with Crippen LogP contribution in [-0.4, -0.2) is 24.8 Å². The fourth-order valence-electron chi connectivity index (χ4n) is 3.53. The number of aromatic nitrogens is 1. The first kappa shape index (κ1) is 20.7. The maximum atomic E-state index is 14.1. The largest absolute Gasteiger partial charge is 0.497 e. The monoisotopic (exact) mass is 438 g/mol. The molecule has 1 aliphatic rings. The van der Waals surface area contributed by atoms with Gasteiger partial charge < -0.3 is 9.47 Å². The molecule has 0 unspecified atom stereocenters. The van der Waals surface area contributed by atoms with Gasteiger partial charge in [-0.15, -0.1) is 0 Å². The molecule has 0 amide bonds. The van der Waals surface area contributed by atoms with Gasteiger partial charge in [-0.1, -0.05) is 41.7 Å². The molecule has 6 nitrogen and oxygen atoms in total. The molecule has 4 rings (SSSR count). The normalized spacial score (nSPS) is 16.0. The van der Waals surface area contributed by atoms with E-state index in [-0.39, 0.29) is 11.1 Å². The van der Waals surface area contributed by atoms with Crippen LogP contribution in [0.4, 0.5) is 4.39 Å². The fourth-order valence-corrected chi connectivity index (χ4v) is 4.57. The molecule has 0 fully saturated rings. The van der Waals surface area contributed by atoms with Gasteiger partial charge in [0.05, 0.1) is 36.1 Å². The lowest BCUT2D eigenvalue weighted by atomic mass is 9.96. The van der Waals surface area contributed by atoms with Crippen LogP contribution in [0.3, 0.4) is 0 Å². The van der Waals surface area contributed by atoms with E-state index in [1.807, 2.05) is 0 Å². The number of ether oxygens (including phenoxy) is 2. The number of carbonyl (C=O) groups is 1. The summed E-state index contributed by atoms with van der Waals surface area (Å²) in [4.78, 5) is 30.9. The number of hydrogen-bond donors (Lipinski definition) is 0. The number of allylic oxidation sites excluding steroid dienone is 1. The number of methoxy groups -OCH3 is 2. The summed E-state index contributed by atoms with van der Waals surface area (Å²) in [7, 11) is 2.85. The molecule has 8 heteroatoms. The van der Waals surface area contributed by atoms with Crippen LogP contribution in [0.1, 0.15) is 24.1 Å². The maximum absolute atomic E-state index is 14.1. The van der Waals surface area contributed by atoms with Gasteiger partial charge in [-0.3, -0.25) is 9.36 Å². The highest BCUT2D eigenvalue weighted by molar-refractivity contribution is 7.07. The summed E-state index contributed by atoms with van der Waals surface area (Å²) < 4.78 is 26.1. The second kappa shape index (κ2) is 8.31. The van der Waals surface area contributed by atoms with Crippen molar-refractivity contribution in [2.24, 2.45) is 4.99 Å². The van der Waals surface area contributed by atoms with Crippen LogP contribution in [0.2, 0.25) is 0 Å². The van der Waals surface area contributed by atoms with Gasteiger partial charge in [-0.25, -0.2) is 14.2 Å². The van der Waals surface area contributed by atoms with Crippen LogP contribution in [0.5, 0.6) is 5.75 Å². The summed E-state index contributed by atoms with van der Waals surface area (Å²) >= 11 is 1.15. The Balaban J connectivity index is 1.97. The van der Waals surface area contributed by atoms with Crippen molar-refractivity contribution in [3.8, 4) is 5.75 Å². The average molecular weight is 438 g/mol. The Bertz CT molecular complexity index is 1370. The maximum Gasteiger partial charge on any atom is 0.338 e. The van der Waals surface area contributed by atoms with Crippen molar-refractivity contribution in [2.45, 2.75) is 13.0 Å². The minimum atomic E-state index is -0.725. The number of fused-ring (bicyclic) bond motifs is 1. The highest BCUT2D eigenvalue weighted by Crippen LogP contribution is 2.31. The number of halogens is 1. The van der Waals surface area contributed by atoms with E-state index in [1.165, 1.54) is 23.8 Å². The van der Waals surface area contributed by atoms with E-state index in [2.05, 4.69) is 4.99 Å². The zero-order valence-electron chi connectivity index (χ0n) is 17.1. The van der Waals surface area contributed by atoms with Crippen LogP contribution in [0, 0.1) is 5.82 Å². The standard InChI is InChI=1S/C23H19FN2O4S/c1-13-19(22(28)30-3)20(14-8-10-16(29-2)11-9-14)26-21(27)18(31-23(26)25-13)12-15-6-4-5-7-17(15)24/h4-12,20H,1-3H3/t20-/m0/s1. The molecule has 0 bridgehead atoms. The molecule has 0 N–H and O–H groups in total. The van der Waals surface area contributed by atoms with E-state index < -0.39 is 17.8 Å². The minimum Gasteiger partial charge on any atom is -0.497 e. The lowest BCUT2D eigenvalue weighted by molar-refractivity contribution is -0.136. The number of thiazole rings is 1. The smallest absolute Gasteiger partial charge is 0.338 e. The van der Waals surface area contributed by atoms with Gasteiger partial charge in [-0.2, -0.15) is 0 Å². The Labute approximate surface area is 181 Å². The summed E-state index contributed by atoms with van der Waals surface area (Å²) in [6.07, 6.45) is 1.50. The Morgan fingerprint density at radius 3 is 2.52 bits per heavy atom. The number of benzene rings is 2. The number of nitrogens with zero attached hydrogens (tertiary/aromatic N) is 2. The Kier molecular flexibility index (Phi) is 5.56. The fraction of sp³-hybridized carbons (Fsp3) is 0.174. The molecule has 2 heterocycles. The molecule has 158 valence electrons. The summed E-state index contributed by atoms with van der Waals surface area (Å²) in [5.74, 6) is -0.340. The third-order valence-corrected chi connectivity index (χ3v) is 6.03. The first-order valence-electron chi connectivity index (χ1n) is 9.44. The summed E-state index contributed by atoms with van der Waals surface area (Å²) in [5, 5.41) is 0. The van der Waals surface area contributed by atoms with Crippen LogP contribution in [-0.2, 0) is 9.53 Å². The predicted octanol–water partition coefficient (Wildman–Crippen LogP) is 2.56. The summed E-state index contributed by atoms with van der Waals surface area (Å²) in [6.45, 7) is 1.71. The molecule has 1 aliphatic heterocycles. The third kappa shape index (κ3) is 3.70. The quantitative estimate of drug-likeness (QED) is 0.587. The van der Waals surface area contributed by atoms with Crippen molar-refractivity contribution in [3.63, 3.8) is 0 Å². The van der Waals surface area contributed by atoms with Crippen molar-refractivity contribution < 1.29 is 18.7 Å². The zero-order chi connectivity index (χ0) is 22.1. The Morgan fingerprint density at radius 2 is 1.87 bits per heavy atom. The molecule has 31 heavy (non-hydrogen) atoms. The predicted molar refractivity (Wildman–Crippen MR) is 115 cm³/mol. The molecular formula is C23H19FN2O4S. The highest BCUT2D eigenvalue weighted by Gasteiger charge is 2.33. The van der Waals surface area contributed by atoms with Gasteiger partial charge in [0.25, 0.3) is 5.56 Å². The Hall–Kier alpha value is -3.52. The number of hydrogen-bond acceptors (Lipinski definition) is 6. The molecule has 3 aromatic rings. The van der Waals surface area contributed by atoms with Crippen LogP contribution < -0.4 is 19.6 Å². The van der Waals surface area contributed by atoms with Crippen LogP contribution in [0.25, 0.3) is 6.08 Å². The molecule has 1 atom stereocenters. The van der Waals surface area contributed by atoms with E-state index in [1.54, 1.807) is 56.5 Å². The minimum absolute atomic E-state index is 0.275. The summed E-state index contributed by atoms with van der Waals surface area (Å²) in [6, 6.07) is 12.6. The van der Waals surface area contributed by atoms with E-state index in [0.717, 1.165) is 11.3 Å². The topological polar surface area (TPSA) is 69.9 Å². The molecular weight excluding hydrogens is 419 g/mol. The van der Waals surface area contributed by atoms with Crippen molar-refractivity contribution in [3.05, 3.63) is 96.4 Å². The van der Waals surface area contributed by atoms with Crippen molar-refractivity contribution in [1.29, 1.82) is 0 Å². The molecule has 0 saturated heterocycles. The summed E-state index contributed by atoms with van der Waals surface area (Å²) in [5.41, 5.74) is 1.39. The third-order valence-electron chi connectivity index (χ3n) is 5.05. The number of carbonyl (C=O) groups excluding carboxylic acids is 1. The van der Waals surface area contributed by atoms with Crippen molar-refractivity contribution in [2.75, 3.05) is 14.2 Å². The molecule has 0 spiro atoms. The lowest BCUT2D eigenvalue weighted by Crippen LogP contribution is -2.39. The lowest BCUT2D eigenvalue weighted by Gasteiger charge is -2.24. The van der Waals surface area contributed by atoms with Gasteiger partial charge in [0.2, 0.25) is 0 Å². The number of rotatable bonds is 4. The van der Waals surface area contributed by atoms with Crippen molar-refractivity contribution in [1.82, 2.24) is 4.57 Å². The van der Waals surface area contributed by atoms with Gasteiger partial charge in [0, 0.05) is 5.56 Å². The number of esters is 1. The van der Waals surface area contributed by atoms with E-state index >= 15 is 0 Å². The van der Waals surface area contributed by atoms with Gasteiger partial charge >= 0.3 is 5.97 Å². The first-order chi connectivity index (χ1) is 14.9. The average Bonchev–Trinajstić information content (AvgIpc) is 3.08. The van der Waals surface area contributed by atoms with Gasteiger partial charge in [0.1, 0.15) is 11.6 Å². The molecule has 0 aliphatic carbocycles. The Morgan fingerprint density at radius 1 is 1.16 bits per heavy atom.